The van der Waals surface area contributed by atoms with E-state index in [0.29, 0.717) is 22.8 Å². The van der Waals surface area contributed by atoms with Crippen LogP contribution in [0.2, 0.25) is 0 Å². The van der Waals surface area contributed by atoms with E-state index in [9.17, 15) is 8.42 Å². The van der Waals surface area contributed by atoms with Crippen molar-refractivity contribution in [3.63, 3.8) is 0 Å². The summed E-state index contributed by atoms with van der Waals surface area (Å²) in [6.45, 7) is 5.11. The maximum atomic E-state index is 12.6. The molecule has 0 aromatic carbocycles. The fourth-order valence-corrected chi connectivity index (χ4v) is 4.20. The van der Waals surface area contributed by atoms with E-state index in [1.54, 1.807) is 32.6 Å². The number of hydrogen-bond donors (Lipinski definition) is 1. The van der Waals surface area contributed by atoms with E-state index in [4.69, 9.17) is 0 Å². The second-order valence-corrected chi connectivity index (χ2v) is 6.73. The molecule has 18 heavy (non-hydrogen) atoms. The molecule has 0 radical (unpaired) electrons. The van der Waals surface area contributed by atoms with Crippen LogP contribution in [0.4, 0.5) is 0 Å². The Morgan fingerprint density at radius 1 is 1.44 bits per heavy atom. The molecule has 0 spiro atoms. The molecule has 1 aromatic heterocycles. The smallest absolute Gasteiger partial charge is 0.246 e. The zero-order chi connectivity index (χ0) is 13.5. The molecule has 1 aromatic rings. The van der Waals surface area contributed by atoms with Gasteiger partial charge in [0.25, 0.3) is 0 Å². The van der Waals surface area contributed by atoms with E-state index < -0.39 is 10.0 Å². The lowest BCUT2D eigenvalue weighted by atomic mass is 10.3. The lowest BCUT2D eigenvalue weighted by molar-refractivity contribution is 0.387. The summed E-state index contributed by atoms with van der Waals surface area (Å²) in [4.78, 5) is 0.347. The third kappa shape index (κ3) is 2.06. The zero-order valence-corrected chi connectivity index (χ0v) is 12.1. The number of likely N-dealkylation sites (N-methyl/N-ethyl adjacent to an activating group) is 1. The van der Waals surface area contributed by atoms with Gasteiger partial charge in [0, 0.05) is 26.7 Å². The fraction of sp³-hybridized carbons (Fsp3) is 0.727. The highest BCUT2D eigenvalue weighted by Crippen LogP contribution is 2.24. The summed E-state index contributed by atoms with van der Waals surface area (Å²) in [5.41, 5.74) is 1.25. The van der Waals surface area contributed by atoms with Crippen LogP contribution < -0.4 is 5.32 Å². The normalized spacial score (nSPS) is 20.8. The van der Waals surface area contributed by atoms with Gasteiger partial charge >= 0.3 is 0 Å². The van der Waals surface area contributed by atoms with E-state index >= 15 is 0 Å². The summed E-state index contributed by atoms with van der Waals surface area (Å²) in [5, 5.41) is 7.37. The highest BCUT2D eigenvalue weighted by atomic mass is 32.2. The van der Waals surface area contributed by atoms with Crippen molar-refractivity contribution in [3.05, 3.63) is 11.4 Å². The molecule has 2 heterocycles. The van der Waals surface area contributed by atoms with Gasteiger partial charge in [-0.15, -0.1) is 0 Å². The maximum Gasteiger partial charge on any atom is 0.246 e. The van der Waals surface area contributed by atoms with Gasteiger partial charge in [-0.05, 0) is 26.8 Å². The summed E-state index contributed by atoms with van der Waals surface area (Å²) in [6, 6.07) is 0.0361. The number of aromatic nitrogens is 2. The molecule has 7 heteroatoms. The second kappa shape index (κ2) is 4.64. The van der Waals surface area contributed by atoms with Crippen LogP contribution in [0.3, 0.4) is 0 Å². The van der Waals surface area contributed by atoms with Gasteiger partial charge in [-0.1, -0.05) is 0 Å². The van der Waals surface area contributed by atoms with E-state index in [2.05, 4.69) is 10.4 Å². The van der Waals surface area contributed by atoms with Crippen molar-refractivity contribution in [2.75, 3.05) is 20.1 Å². The van der Waals surface area contributed by atoms with Crippen molar-refractivity contribution in [1.29, 1.82) is 0 Å². The van der Waals surface area contributed by atoms with Gasteiger partial charge in [0.15, 0.2) is 0 Å². The predicted octanol–water partition coefficient (Wildman–Crippen LogP) is 0.0193. The summed E-state index contributed by atoms with van der Waals surface area (Å²) in [5.74, 6) is 0. The number of nitrogens with one attached hydrogen (secondary N) is 1. The van der Waals surface area contributed by atoms with Crippen LogP contribution in [0.5, 0.6) is 0 Å². The quantitative estimate of drug-likeness (QED) is 0.842. The number of nitrogens with zero attached hydrogens (tertiary/aromatic N) is 3. The van der Waals surface area contributed by atoms with Crippen LogP contribution in [-0.2, 0) is 17.1 Å². The Hall–Kier alpha value is -0.920. The standard InChI is InChI=1S/C11H20N4O2S/c1-8-11(9(2)14(3)13-8)18(16,17)15(4)10-5-6-12-7-10/h10,12H,5-7H2,1-4H3/t10-/m0/s1. The molecular formula is C11H20N4O2S. The van der Waals surface area contributed by atoms with Gasteiger partial charge in [-0.25, -0.2) is 8.42 Å². The first-order chi connectivity index (χ1) is 8.35. The molecule has 0 unspecified atom stereocenters. The Bertz CT molecular complexity index is 544. The Morgan fingerprint density at radius 3 is 2.56 bits per heavy atom. The van der Waals surface area contributed by atoms with Crippen molar-refractivity contribution >= 4 is 10.0 Å². The second-order valence-electron chi connectivity index (χ2n) is 4.79. The first-order valence-electron chi connectivity index (χ1n) is 6.04. The van der Waals surface area contributed by atoms with Crippen LogP contribution in [0, 0.1) is 13.8 Å². The first kappa shape index (κ1) is 13.5. The average Bonchev–Trinajstić information content (AvgIpc) is 2.87. The van der Waals surface area contributed by atoms with Crippen molar-refractivity contribution in [3.8, 4) is 0 Å². The number of hydrogen-bond acceptors (Lipinski definition) is 4. The highest BCUT2D eigenvalue weighted by molar-refractivity contribution is 7.89. The lowest BCUT2D eigenvalue weighted by Gasteiger charge is -2.23. The van der Waals surface area contributed by atoms with Crippen molar-refractivity contribution in [2.45, 2.75) is 31.2 Å². The number of rotatable bonds is 3. The molecular weight excluding hydrogens is 252 g/mol. The molecule has 1 atom stereocenters. The summed E-state index contributed by atoms with van der Waals surface area (Å²) < 4.78 is 28.3. The highest BCUT2D eigenvalue weighted by Gasteiger charge is 2.33. The molecule has 0 amide bonds. The molecule has 102 valence electrons. The van der Waals surface area contributed by atoms with Gasteiger partial charge in [0.1, 0.15) is 4.90 Å². The van der Waals surface area contributed by atoms with Crippen LogP contribution in [-0.4, -0.2) is 48.7 Å². The molecule has 6 nitrogen and oxygen atoms in total. The van der Waals surface area contributed by atoms with Gasteiger partial charge < -0.3 is 5.32 Å². The fourth-order valence-electron chi connectivity index (χ4n) is 2.42. The topological polar surface area (TPSA) is 67.2 Å². The lowest BCUT2D eigenvalue weighted by Crippen LogP contribution is -2.38. The first-order valence-corrected chi connectivity index (χ1v) is 7.48. The number of aryl methyl sites for hydroxylation is 2. The molecule has 0 saturated carbocycles. The van der Waals surface area contributed by atoms with Crippen molar-refractivity contribution in [1.82, 2.24) is 19.4 Å². The molecule has 0 bridgehead atoms. The van der Waals surface area contributed by atoms with Gasteiger partial charge in [-0.2, -0.15) is 9.40 Å². The van der Waals surface area contributed by atoms with E-state index in [1.165, 1.54) is 4.31 Å². The molecule has 1 fully saturated rings. The largest absolute Gasteiger partial charge is 0.315 e. The SMILES string of the molecule is Cc1nn(C)c(C)c1S(=O)(=O)N(C)[C@H]1CCNC1. The van der Waals surface area contributed by atoms with Gasteiger partial charge in [0.2, 0.25) is 10.0 Å². The minimum absolute atomic E-state index is 0.0361. The average molecular weight is 272 g/mol. The van der Waals surface area contributed by atoms with Gasteiger partial charge in [-0.3, -0.25) is 4.68 Å². The zero-order valence-electron chi connectivity index (χ0n) is 11.3. The molecule has 0 aliphatic carbocycles. The molecule has 1 N–H and O–H groups in total. The Balaban J connectivity index is 2.41. The summed E-state index contributed by atoms with van der Waals surface area (Å²) in [7, 11) is -0.0389. The Kier molecular flexibility index (Phi) is 3.48. The maximum absolute atomic E-state index is 12.6. The summed E-state index contributed by atoms with van der Waals surface area (Å²) in [6.07, 6.45) is 0.855. The predicted molar refractivity (Wildman–Crippen MR) is 68.9 cm³/mol. The molecule has 1 saturated heterocycles. The Morgan fingerprint density at radius 2 is 2.11 bits per heavy atom. The molecule has 1 aliphatic rings. The van der Waals surface area contributed by atoms with E-state index in [-0.39, 0.29) is 6.04 Å². The van der Waals surface area contributed by atoms with Crippen LogP contribution >= 0.6 is 0 Å². The third-order valence-electron chi connectivity index (χ3n) is 3.63. The van der Waals surface area contributed by atoms with Crippen LogP contribution in [0.15, 0.2) is 4.90 Å². The molecule has 2 rings (SSSR count). The summed E-state index contributed by atoms with van der Waals surface area (Å²) >= 11 is 0. The van der Waals surface area contributed by atoms with Crippen molar-refractivity contribution < 1.29 is 8.42 Å². The van der Waals surface area contributed by atoms with E-state index in [1.807, 2.05) is 0 Å². The number of sulfonamides is 1. The van der Waals surface area contributed by atoms with E-state index in [0.717, 1.165) is 13.0 Å². The minimum Gasteiger partial charge on any atom is -0.315 e. The minimum atomic E-state index is -3.45. The third-order valence-corrected chi connectivity index (χ3v) is 5.79. The van der Waals surface area contributed by atoms with Crippen LogP contribution in [0.1, 0.15) is 17.8 Å². The Labute approximate surface area is 108 Å². The monoisotopic (exact) mass is 272 g/mol. The van der Waals surface area contributed by atoms with Crippen molar-refractivity contribution in [2.24, 2.45) is 7.05 Å². The van der Waals surface area contributed by atoms with Gasteiger partial charge in [0.05, 0.1) is 11.4 Å². The molecule has 1 aliphatic heterocycles. The van der Waals surface area contributed by atoms with Crippen LogP contribution in [0.25, 0.3) is 0 Å².